The van der Waals surface area contributed by atoms with Crippen LogP contribution in [0.15, 0.2) is 30.3 Å². The molecule has 0 radical (unpaired) electrons. The van der Waals surface area contributed by atoms with Gasteiger partial charge in [0.25, 0.3) is 5.91 Å². The fourth-order valence-electron chi connectivity index (χ4n) is 2.34. The van der Waals surface area contributed by atoms with E-state index in [1.807, 2.05) is 30.3 Å². The van der Waals surface area contributed by atoms with Crippen molar-refractivity contribution in [2.24, 2.45) is 5.73 Å². The molecule has 0 aliphatic rings. The zero-order chi connectivity index (χ0) is 15.9. The second-order valence-corrected chi connectivity index (χ2v) is 6.36. The first-order chi connectivity index (χ1) is 10.6. The van der Waals surface area contributed by atoms with Gasteiger partial charge in [-0.3, -0.25) is 4.79 Å². The van der Waals surface area contributed by atoms with E-state index in [4.69, 9.17) is 5.73 Å². The molecule has 1 amide bonds. The van der Waals surface area contributed by atoms with Crippen LogP contribution in [-0.2, 0) is 0 Å². The van der Waals surface area contributed by atoms with Gasteiger partial charge in [0.2, 0.25) is 0 Å². The smallest absolute Gasteiger partial charge is 0.277 e. The molecular weight excluding hydrogens is 294 g/mol. The van der Waals surface area contributed by atoms with Crippen molar-refractivity contribution in [1.82, 2.24) is 4.98 Å². The number of thiazole rings is 1. The number of amides is 1. The number of nitrogens with two attached hydrogens (primary N) is 1. The number of carbonyl (C=O) groups is 1. The van der Waals surface area contributed by atoms with Gasteiger partial charge in [0.1, 0.15) is 10.7 Å². The molecule has 0 saturated carbocycles. The van der Waals surface area contributed by atoms with E-state index in [-0.39, 0.29) is 0 Å². The van der Waals surface area contributed by atoms with Gasteiger partial charge in [-0.05, 0) is 6.42 Å². The number of carbonyl (C=O) groups excluding carboxylic acids is 1. The average Bonchev–Trinajstić information content (AvgIpc) is 2.98. The van der Waals surface area contributed by atoms with Crippen LogP contribution in [0, 0.1) is 0 Å². The van der Waals surface area contributed by atoms with E-state index >= 15 is 0 Å². The molecule has 0 saturated heterocycles. The monoisotopic (exact) mass is 317 g/mol. The maximum absolute atomic E-state index is 11.5. The molecule has 2 N–H and O–H groups in total. The van der Waals surface area contributed by atoms with Crippen molar-refractivity contribution in [3.8, 4) is 11.3 Å². The van der Waals surface area contributed by atoms with Crippen LogP contribution in [0.3, 0.4) is 0 Å². The number of primary amides is 1. The summed E-state index contributed by atoms with van der Waals surface area (Å²) in [5.74, 6) is -0.465. The third kappa shape index (κ3) is 4.07. The van der Waals surface area contributed by atoms with Crippen molar-refractivity contribution >= 4 is 22.2 Å². The molecule has 0 bridgehead atoms. The Morgan fingerprint density at radius 3 is 2.59 bits per heavy atom. The van der Waals surface area contributed by atoms with Gasteiger partial charge in [-0.25, -0.2) is 4.98 Å². The molecule has 5 heteroatoms. The van der Waals surface area contributed by atoms with E-state index in [0.29, 0.717) is 5.01 Å². The highest BCUT2D eigenvalue weighted by Crippen LogP contribution is 2.35. The maximum atomic E-state index is 11.5. The van der Waals surface area contributed by atoms with Crippen LogP contribution in [0.4, 0.5) is 5.00 Å². The summed E-state index contributed by atoms with van der Waals surface area (Å²) in [6.45, 7) is 3.17. The van der Waals surface area contributed by atoms with Crippen molar-refractivity contribution in [3.63, 3.8) is 0 Å². The molecule has 2 aromatic rings. The predicted molar refractivity (Wildman–Crippen MR) is 93.5 cm³/mol. The SMILES string of the molecule is CCCCCCN(C)c1sc(C(N)=O)nc1-c1ccccc1. The molecule has 2 rings (SSSR count). The van der Waals surface area contributed by atoms with E-state index in [1.54, 1.807) is 0 Å². The highest BCUT2D eigenvalue weighted by Gasteiger charge is 2.18. The van der Waals surface area contributed by atoms with Crippen LogP contribution in [0.1, 0.15) is 42.4 Å². The lowest BCUT2D eigenvalue weighted by Crippen LogP contribution is -2.18. The van der Waals surface area contributed by atoms with E-state index in [9.17, 15) is 4.79 Å². The molecule has 1 heterocycles. The number of nitrogens with zero attached hydrogens (tertiary/aromatic N) is 2. The summed E-state index contributed by atoms with van der Waals surface area (Å²) in [5.41, 5.74) is 7.26. The van der Waals surface area contributed by atoms with Gasteiger partial charge in [-0.15, -0.1) is 0 Å². The summed E-state index contributed by atoms with van der Waals surface area (Å²) in [5, 5.41) is 1.38. The molecule has 0 fully saturated rings. The van der Waals surface area contributed by atoms with Crippen LogP contribution in [-0.4, -0.2) is 24.5 Å². The Morgan fingerprint density at radius 1 is 1.23 bits per heavy atom. The Kier molecular flexibility index (Phi) is 5.95. The van der Waals surface area contributed by atoms with Gasteiger partial charge in [0.05, 0.1) is 0 Å². The van der Waals surface area contributed by atoms with Crippen LogP contribution in [0.25, 0.3) is 11.3 Å². The molecule has 1 aromatic carbocycles. The molecule has 0 aliphatic carbocycles. The van der Waals surface area contributed by atoms with Crippen molar-refractivity contribution < 1.29 is 4.79 Å². The molecule has 0 unspecified atom stereocenters. The van der Waals surface area contributed by atoms with Gasteiger partial charge < -0.3 is 10.6 Å². The van der Waals surface area contributed by atoms with E-state index in [2.05, 4.69) is 23.9 Å². The van der Waals surface area contributed by atoms with E-state index in [1.165, 1.54) is 30.6 Å². The fourth-order valence-corrected chi connectivity index (χ4v) is 3.27. The van der Waals surface area contributed by atoms with E-state index in [0.717, 1.165) is 29.2 Å². The van der Waals surface area contributed by atoms with Gasteiger partial charge in [0.15, 0.2) is 5.01 Å². The number of anilines is 1. The standard InChI is InChI=1S/C17H23N3OS/c1-3-4-5-9-12-20(2)17-14(13-10-7-6-8-11-13)19-16(22-17)15(18)21/h6-8,10-11H,3-5,9,12H2,1-2H3,(H2,18,21). The summed E-state index contributed by atoms with van der Waals surface area (Å²) in [6.07, 6.45) is 4.85. The number of unbranched alkanes of at least 4 members (excludes halogenated alkanes) is 3. The Morgan fingerprint density at radius 2 is 1.95 bits per heavy atom. The molecule has 4 nitrogen and oxygen atoms in total. The highest BCUT2D eigenvalue weighted by atomic mass is 32.1. The lowest BCUT2D eigenvalue weighted by molar-refractivity contribution is 0.1000. The fraction of sp³-hybridized carbons (Fsp3) is 0.412. The topological polar surface area (TPSA) is 59.2 Å². The molecule has 118 valence electrons. The number of aromatic nitrogens is 1. The number of benzene rings is 1. The maximum Gasteiger partial charge on any atom is 0.277 e. The van der Waals surface area contributed by atoms with E-state index < -0.39 is 5.91 Å². The van der Waals surface area contributed by atoms with Crippen molar-refractivity contribution in [2.45, 2.75) is 32.6 Å². The second kappa shape index (κ2) is 7.94. The quantitative estimate of drug-likeness (QED) is 0.751. The third-order valence-corrected chi connectivity index (χ3v) is 4.75. The van der Waals surface area contributed by atoms with Crippen LogP contribution in [0.2, 0.25) is 0 Å². The minimum absolute atomic E-state index is 0.370. The molecular formula is C17H23N3OS. The summed E-state index contributed by atoms with van der Waals surface area (Å²) < 4.78 is 0. The lowest BCUT2D eigenvalue weighted by Gasteiger charge is -2.18. The molecule has 1 aromatic heterocycles. The second-order valence-electron chi connectivity index (χ2n) is 5.39. The molecule has 0 spiro atoms. The van der Waals surface area contributed by atoms with Gasteiger partial charge in [-0.2, -0.15) is 0 Å². The van der Waals surface area contributed by atoms with Gasteiger partial charge in [0, 0.05) is 19.2 Å². The van der Waals surface area contributed by atoms with Crippen LogP contribution < -0.4 is 10.6 Å². The third-order valence-electron chi connectivity index (χ3n) is 3.56. The summed E-state index contributed by atoms with van der Waals surface area (Å²) in [4.78, 5) is 18.1. The lowest BCUT2D eigenvalue weighted by atomic mass is 10.1. The predicted octanol–water partition coefficient (Wildman–Crippen LogP) is 3.93. The van der Waals surface area contributed by atoms with Crippen LogP contribution >= 0.6 is 11.3 Å². The van der Waals surface area contributed by atoms with Crippen LogP contribution in [0.5, 0.6) is 0 Å². The average molecular weight is 317 g/mol. The minimum Gasteiger partial charge on any atom is -0.365 e. The summed E-state index contributed by atoms with van der Waals surface area (Å²) in [7, 11) is 2.05. The molecule has 0 aliphatic heterocycles. The molecule has 0 atom stereocenters. The van der Waals surface area contributed by atoms with Crippen molar-refractivity contribution in [3.05, 3.63) is 35.3 Å². The largest absolute Gasteiger partial charge is 0.365 e. The van der Waals surface area contributed by atoms with Gasteiger partial charge in [-0.1, -0.05) is 67.9 Å². The minimum atomic E-state index is -0.465. The number of hydrogen-bond donors (Lipinski definition) is 1. The molecule has 22 heavy (non-hydrogen) atoms. The first-order valence-electron chi connectivity index (χ1n) is 7.70. The number of hydrogen-bond acceptors (Lipinski definition) is 4. The Bertz CT molecular complexity index is 610. The van der Waals surface area contributed by atoms with Crippen molar-refractivity contribution in [1.29, 1.82) is 0 Å². The van der Waals surface area contributed by atoms with Gasteiger partial charge >= 0.3 is 0 Å². The van der Waals surface area contributed by atoms with Crippen molar-refractivity contribution in [2.75, 3.05) is 18.5 Å². The summed E-state index contributed by atoms with van der Waals surface area (Å²) >= 11 is 1.37. The first kappa shape index (κ1) is 16.5. The highest BCUT2D eigenvalue weighted by molar-refractivity contribution is 7.18. The number of rotatable bonds is 8. The Labute approximate surface area is 136 Å². The normalized spacial score (nSPS) is 10.6. The Balaban J connectivity index is 2.23. The zero-order valence-electron chi connectivity index (χ0n) is 13.2. The first-order valence-corrected chi connectivity index (χ1v) is 8.52. The summed E-state index contributed by atoms with van der Waals surface area (Å²) in [6, 6.07) is 9.94. The zero-order valence-corrected chi connectivity index (χ0v) is 14.0. The Hall–Kier alpha value is -1.88.